The molecule has 1 aliphatic heterocycles. The Kier molecular flexibility index (Phi) is 4.32. The summed E-state index contributed by atoms with van der Waals surface area (Å²) in [5.41, 5.74) is 12.3. The lowest BCUT2D eigenvalue weighted by Gasteiger charge is -2.45. The fraction of sp³-hybridized carbons (Fsp3) is 0.208. The highest BCUT2D eigenvalue weighted by atomic mass is 35.5. The Morgan fingerprint density at radius 3 is 2.66 bits per heavy atom. The number of nitrogens with one attached hydrogen (secondary N) is 2. The largest absolute Gasteiger partial charge is 0.384 e. The van der Waals surface area contributed by atoms with E-state index in [1.54, 1.807) is 6.07 Å². The zero-order valence-corrected chi connectivity index (χ0v) is 16.5. The molecule has 0 amide bonds. The van der Waals surface area contributed by atoms with Crippen LogP contribution in [0.15, 0.2) is 60.7 Å². The highest BCUT2D eigenvalue weighted by molar-refractivity contribution is 6.31. The van der Waals surface area contributed by atoms with E-state index in [-0.39, 0.29) is 29.5 Å². The minimum atomic E-state index is -0.327. The molecule has 0 saturated carbocycles. The zero-order valence-electron chi connectivity index (χ0n) is 15.8. The van der Waals surface area contributed by atoms with Gasteiger partial charge < -0.3 is 11.1 Å². The molecule has 2 aliphatic rings. The van der Waals surface area contributed by atoms with Crippen LogP contribution in [-0.4, -0.2) is 5.84 Å². The summed E-state index contributed by atoms with van der Waals surface area (Å²) in [5, 5.41) is 12.0. The lowest BCUT2D eigenvalue weighted by molar-refractivity contribution is 0.348. The van der Waals surface area contributed by atoms with Crippen molar-refractivity contribution >= 4 is 23.1 Å². The molecule has 0 radical (unpaired) electrons. The van der Waals surface area contributed by atoms with Crippen LogP contribution in [0, 0.1) is 17.1 Å². The predicted octanol–water partition coefficient (Wildman–Crippen LogP) is 5.62. The smallest absolute Gasteiger partial charge is 0.124 e. The minimum absolute atomic E-state index is 0.0165. The van der Waals surface area contributed by atoms with Gasteiger partial charge in [-0.1, -0.05) is 41.9 Å². The number of benzene rings is 3. The van der Waals surface area contributed by atoms with E-state index < -0.39 is 0 Å². The second-order valence-corrected chi connectivity index (χ2v) is 8.29. The third-order valence-electron chi connectivity index (χ3n) is 6.30. The molecule has 5 heteroatoms. The summed E-state index contributed by atoms with van der Waals surface area (Å²) >= 11 is 6.46. The molecular weight excluding hydrogens is 385 g/mol. The number of anilines is 1. The molecule has 3 aromatic rings. The van der Waals surface area contributed by atoms with Gasteiger partial charge in [-0.25, -0.2) is 4.39 Å². The predicted molar refractivity (Wildman–Crippen MR) is 115 cm³/mol. The van der Waals surface area contributed by atoms with E-state index in [0.717, 1.165) is 35.2 Å². The number of nitrogens with two attached hydrogens (primary N) is 1. The van der Waals surface area contributed by atoms with Crippen LogP contribution in [0.4, 0.5) is 10.1 Å². The average Bonchev–Trinajstić information content (AvgIpc) is 2.72. The molecule has 3 unspecified atom stereocenters. The third-order valence-corrected chi connectivity index (χ3v) is 6.63. The van der Waals surface area contributed by atoms with Gasteiger partial charge in [-0.15, -0.1) is 0 Å². The van der Waals surface area contributed by atoms with E-state index in [0.29, 0.717) is 5.02 Å². The van der Waals surface area contributed by atoms with Crippen molar-refractivity contribution in [3.63, 3.8) is 0 Å². The van der Waals surface area contributed by atoms with E-state index in [1.165, 1.54) is 23.3 Å². The van der Waals surface area contributed by atoms with Gasteiger partial charge in [0.05, 0.1) is 6.04 Å². The Labute approximate surface area is 174 Å². The second-order valence-electron chi connectivity index (χ2n) is 7.88. The standard InChI is InChI=1S/C24H21ClFN3/c25-20-12-15(26)7-9-17(20)23-18-8-5-13-3-1-2-4-16(13)22(18)19-11-14(24(27)28)6-10-21(19)29-23/h1-4,6-7,9-12,18,22-23,29H,5,8H2,(H3,27,28). The number of hydrogen-bond donors (Lipinski definition) is 3. The van der Waals surface area contributed by atoms with Crippen LogP contribution in [0.25, 0.3) is 0 Å². The molecule has 146 valence electrons. The normalized spacial score (nSPS) is 22.1. The number of amidine groups is 1. The van der Waals surface area contributed by atoms with Gasteiger partial charge in [0.25, 0.3) is 0 Å². The van der Waals surface area contributed by atoms with Crippen molar-refractivity contribution < 1.29 is 4.39 Å². The summed E-state index contributed by atoms with van der Waals surface area (Å²) in [6.45, 7) is 0. The molecule has 0 fully saturated rings. The Morgan fingerprint density at radius 2 is 1.86 bits per heavy atom. The number of fused-ring (bicyclic) bond motifs is 5. The van der Waals surface area contributed by atoms with Crippen molar-refractivity contribution in [2.24, 2.45) is 11.7 Å². The first-order valence-corrected chi connectivity index (χ1v) is 10.2. The summed E-state index contributed by atoms with van der Waals surface area (Å²) in [6.07, 6.45) is 1.99. The molecule has 3 atom stereocenters. The molecule has 29 heavy (non-hydrogen) atoms. The third kappa shape index (κ3) is 2.99. The summed E-state index contributed by atoms with van der Waals surface area (Å²) < 4.78 is 13.7. The first-order chi connectivity index (χ1) is 14.0. The molecule has 0 spiro atoms. The first kappa shape index (κ1) is 18.2. The van der Waals surface area contributed by atoms with Crippen molar-refractivity contribution in [3.05, 3.63) is 99.3 Å². The van der Waals surface area contributed by atoms with E-state index in [4.69, 9.17) is 22.7 Å². The number of nitrogen functional groups attached to an aromatic ring is 1. The van der Waals surface area contributed by atoms with Crippen LogP contribution in [0.5, 0.6) is 0 Å². The van der Waals surface area contributed by atoms with Crippen molar-refractivity contribution in [2.45, 2.75) is 24.8 Å². The van der Waals surface area contributed by atoms with Gasteiger partial charge in [-0.05, 0) is 71.3 Å². The van der Waals surface area contributed by atoms with Crippen LogP contribution in [0.1, 0.15) is 46.2 Å². The van der Waals surface area contributed by atoms with Crippen molar-refractivity contribution in [1.29, 1.82) is 5.41 Å². The lowest BCUT2D eigenvalue weighted by atomic mass is 9.65. The van der Waals surface area contributed by atoms with Crippen LogP contribution in [-0.2, 0) is 6.42 Å². The second kappa shape index (κ2) is 6.89. The summed E-state index contributed by atoms with van der Waals surface area (Å²) in [7, 11) is 0. The SMILES string of the molecule is N=C(N)c1ccc2c(c1)C1c3ccccc3CCC1C(c1ccc(F)cc1Cl)N2. The maximum atomic E-state index is 13.7. The molecule has 0 bridgehead atoms. The molecule has 0 saturated heterocycles. The average molecular weight is 406 g/mol. The van der Waals surface area contributed by atoms with Crippen molar-refractivity contribution in [1.82, 2.24) is 0 Å². The number of aryl methyl sites for hydroxylation is 1. The van der Waals surface area contributed by atoms with Gasteiger partial charge in [0.2, 0.25) is 0 Å². The van der Waals surface area contributed by atoms with E-state index in [2.05, 4.69) is 29.6 Å². The van der Waals surface area contributed by atoms with Gasteiger partial charge in [0.1, 0.15) is 11.7 Å². The quantitative estimate of drug-likeness (QED) is 0.382. The summed E-state index contributed by atoms with van der Waals surface area (Å²) in [4.78, 5) is 0. The monoisotopic (exact) mass is 405 g/mol. The van der Waals surface area contributed by atoms with E-state index in [9.17, 15) is 4.39 Å². The lowest BCUT2D eigenvalue weighted by Crippen LogP contribution is -2.35. The molecule has 3 nitrogen and oxygen atoms in total. The van der Waals surface area contributed by atoms with Gasteiger partial charge in [0.15, 0.2) is 0 Å². The molecule has 1 heterocycles. The Morgan fingerprint density at radius 1 is 1.03 bits per heavy atom. The number of hydrogen-bond acceptors (Lipinski definition) is 2. The van der Waals surface area contributed by atoms with E-state index >= 15 is 0 Å². The molecular formula is C24H21ClFN3. The maximum Gasteiger partial charge on any atom is 0.124 e. The van der Waals surface area contributed by atoms with Gasteiger partial charge in [0, 0.05) is 22.2 Å². The Balaban J connectivity index is 1.71. The van der Waals surface area contributed by atoms with Crippen molar-refractivity contribution in [3.8, 4) is 0 Å². The highest BCUT2D eigenvalue weighted by Gasteiger charge is 2.41. The molecule has 3 aromatic carbocycles. The van der Waals surface area contributed by atoms with Gasteiger partial charge in [-0.3, -0.25) is 5.41 Å². The maximum absolute atomic E-state index is 13.7. The van der Waals surface area contributed by atoms with Crippen LogP contribution in [0.2, 0.25) is 5.02 Å². The number of rotatable bonds is 2. The van der Waals surface area contributed by atoms with Gasteiger partial charge in [-0.2, -0.15) is 0 Å². The van der Waals surface area contributed by atoms with E-state index in [1.807, 2.05) is 18.2 Å². The topological polar surface area (TPSA) is 61.9 Å². The molecule has 1 aliphatic carbocycles. The molecule has 0 aromatic heterocycles. The van der Waals surface area contributed by atoms with Crippen molar-refractivity contribution in [2.75, 3.05) is 5.32 Å². The van der Waals surface area contributed by atoms with Crippen LogP contribution in [0.3, 0.4) is 0 Å². The summed E-state index contributed by atoms with van der Waals surface area (Å²) in [6, 6.07) is 19.1. The minimum Gasteiger partial charge on any atom is -0.384 e. The highest BCUT2D eigenvalue weighted by Crippen LogP contribution is 2.53. The molecule has 4 N–H and O–H groups in total. The van der Waals surface area contributed by atoms with Gasteiger partial charge >= 0.3 is 0 Å². The zero-order chi connectivity index (χ0) is 20.1. The fourth-order valence-corrected chi connectivity index (χ4v) is 5.28. The van der Waals surface area contributed by atoms with Crippen LogP contribution >= 0.6 is 11.6 Å². The Hall–Kier alpha value is -2.85. The summed E-state index contributed by atoms with van der Waals surface area (Å²) in [5.74, 6) is 0.174. The number of halogens is 2. The fourth-order valence-electron chi connectivity index (χ4n) is 5.00. The Bertz CT molecular complexity index is 1130. The molecule has 5 rings (SSSR count). The van der Waals surface area contributed by atoms with Crippen LogP contribution < -0.4 is 11.1 Å². The first-order valence-electron chi connectivity index (χ1n) is 9.80.